The highest BCUT2D eigenvalue weighted by Crippen LogP contribution is 2.27. The van der Waals surface area contributed by atoms with Crippen LogP contribution in [0.3, 0.4) is 0 Å². The number of aryl methyl sites for hydroxylation is 1. The Morgan fingerprint density at radius 2 is 2.18 bits per heavy atom. The number of piperidine rings is 1. The van der Waals surface area contributed by atoms with Gasteiger partial charge in [-0.2, -0.15) is 5.10 Å². The van der Waals surface area contributed by atoms with E-state index in [1.807, 2.05) is 19.3 Å². The molecule has 1 fully saturated rings. The summed E-state index contributed by atoms with van der Waals surface area (Å²) in [6, 6.07) is 1.42. The molecule has 2 aromatic rings. The smallest absolute Gasteiger partial charge is 0.253 e. The van der Waals surface area contributed by atoms with E-state index in [0.29, 0.717) is 24.5 Å². The molecule has 8 nitrogen and oxygen atoms in total. The molecule has 0 bridgehead atoms. The fourth-order valence-electron chi connectivity index (χ4n) is 2.59. The van der Waals surface area contributed by atoms with Gasteiger partial charge in [0.05, 0.1) is 6.20 Å². The summed E-state index contributed by atoms with van der Waals surface area (Å²) in [6.45, 7) is 3.94. The summed E-state index contributed by atoms with van der Waals surface area (Å²) in [5.41, 5.74) is -0.619. The molecule has 0 spiro atoms. The molecule has 1 amide bonds. The summed E-state index contributed by atoms with van der Waals surface area (Å²) < 4.78 is 3.22. The van der Waals surface area contributed by atoms with E-state index in [1.54, 1.807) is 34.3 Å². The normalized spacial score (nSPS) is 19.7. The Morgan fingerprint density at radius 3 is 2.77 bits per heavy atom. The predicted octanol–water partition coefficient (Wildman–Crippen LogP) is 0.607. The maximum Gasteiger partial charge on any atom is 0.253 e. The van der Waals surface area contributed by atoms with E-state index in [9.17, 15) is 9.90 Å². The largest absolute Gasteiger partial charge is 0.384 e. The van der Waals surface area contributed by atoms with Gasteiger partial charge in [0.2, 0.25) is 0 Å². The molecule has 0 aromatic carbocycles. The molecule has 1 aliphatic heterocycles. The number of carbonyl (C=O) groups is 1. The first kappa shape index (κ1) is 14.7. The van der Waals surface area contributed by atoms with E-state index >= 15 is 0 Å². The van der Waals surface area contributed by atoms with Crippen LogP contribution in [0.25, 0.3) is 0 Å². The van der Waals surface area contributed by atoms with Crippen molar-refractivity contribution in [2.45, 2.75) is 38.3 Å². The Labute approximate surface area is 128 Å². The second-order valence-electron chi connectivity index (χ2n) is 6.14. The van der Waals surface area contributed by atoms with E-state index < -0.39 is 11.6 Å². The number of anilines is 1. The minimum atomic E-state index is -1.07. The zero-order valence-electron chi connectivity index (χ0n) is 13.0. The van der Waals surface area contributed by atoms with Crippen LogP contribution in [0.15, 0.2) is 18.5 Å². The van der Waals surface area contributed by atoms with Crippen molar-refractivity contribution < 1.29 is 9.90 Å². The molecule has 3 rings (SSSR count). The number of aromatic nitrogens is 5. The lowest BCUT2D eigenvalue weighted by Gasteiger charge is -2.30. The van der Waals surface area contributed by atoms with Crippen molar-refractivity contribution in [2.24, 2.45) is 7.05 Å². The fourth-order valence-corrected chi connectivity index (χ4v) is 2.59. The minimum Gasteiger partial charge on any atom is -0.384 e. The Morgan fingerprint density at radius 1 is 1.41 bits per heavy atom. The molecule has 2 aromatic heterocycles. The van der Waals surface area contributed by atoms with Crippen molar-refractivity contribution in [3.05, 3.63) is 24.2 Å². The number of nitrogens with zero attached hydrogens (tertiary/aromatic N) is 6. The Bertz CT molecular complexity index is 684. The average molecular weight is 304 g/mol. The third-order valence-electron chi connectivity index (χ3n) is 3.84. The number of carbonyl (C=O) groups excluding carboxylic acids is 1. The van der Waals surface area contributed by atoms with Crippen molar-refractivity contribution in [1.29, 1.82) is 0 Å². The Kier molecular flexibility index (Phi) is 3.48. The Balaban J connectivity index is 1.85. The summed E-state index contributed by atoms with van der Waals surface area (Å²) >= 11 is 0. The molecule has 8 heteroatoms. The summed E-state index contributed by atoms with van der Waals surface area (Å²) in [6.07, 6.45) is 5.03. The summed E-state index contributed by atoms with van der Waals surface area (Å²) in [5.74, 6) is 0.608. The zero-order chi connectivity index (χ0) is 15.9. The van der Waals surface area contributed by atoms with Crippen molar-refractivity contribution >= 4 is 11.7 Å². The molecule has 1 N–H and O–H groups in total. The van der Waals surface area contributed by atoms with Crippen LogP contribution in [0.5, 0.6) is 0 Å². The van der Waals surface area contributed by atoms with Crippen molar-refractivity contribution in [1.82, 2.24) is 24.8 Å². The van der Waals surface area contributed by atoms with Crippen LogP contribution in [0.1, 0.15) is 38.4 Å². The third kappa shape index (κ3) is 2.61. The summed E-state index contributed by atoms with van der Waals surface area (Å²) in [5, 5.41) is 22.3. The van der Waals surface area contributed by atoms with Gasteiger partial charge in [-0.15, -0.1) is 5.10 Å². The van der Waals surface area contributed by atoms with Crippen molar-refractivity contribution in [3.8, 4) is 0 Å². The highest BCUT2D eigenvalue weighted by Gasteiger charge is 2.33. The van der Waals surface area contributed by atoms with Gasteiger partial charge >= 0.3 is 0 Å². The minimum absolute atomic E-state index is 0.0443. The van der Waals surface area contributed by atoms with Crippen LogP contribution in [0.2, 0.25) is 0 Å². The van der Waals surface area contributed by atoms with Gasteiger partial charge in [0.1, 0.15) is 17.3 Å². The van der Waals surface area contributed by atoms with E-state index in [2.05, 4.69) is 15.4 Å². The molecule has 118 valence electrons. The van der Waals surface area contributed by atoms with E-state index in [4.69, 9.17) is 0 Å². The predicted molar refractivity (Wildman–Crippen MR) is 79.1 cm³/mol. The molecule has 1 aliphatic rings. The number of hydrogen-bond acceptors (Lipinski definition) is 5. The van der Waals surface area contributed by atoms with Crippen LogP contribution in [-0.2, 0) is 17.4 Å². The average Bonchev–Trinajstić information content (AvgIpc) is 3.07. The molecule has 0 radical (unpaired) electrons. The first-order valence-corrected chi connectivity index (χ1v) is 7.32. The second-order valence-corrected chi connectivity index (χ2v) is 6.14. The van der Waals surface area contributed by atoms with Crippen molar-refractivity contribution in [3.63, 3.8) is 0 Å². The van der Waals surface area contributed by atoms with Crippen LogP contribution in [0, 0.1) is 0 Å². The maximum absolute atomic E-state index is 12.7. The second kappa shape index (κ2) is 5.20. The van der Waals surface area contributed by atoms with E-state index in [1.165, 1.54) is 0 Å². The van der Waals surface area contributed by atoms with E-state index in [0.717, 1.165) is 6.42 Å². The molecule has 1 saturated heterocycles. The molecule has 0 aliphatic carbocycles. The molecule has 1 unspecified atom stereocenters. The number of rotatable bonds is 3. The lowest BCUT2D eigenvalue weighted by atomic mass is 10.0. The Hall–Kier alpha value is -2.22. The monoisotopic (exact) mass is 304 g/mol. The zero-order valence-corrected chi connectivity index (χ0v) is 13.0. The molecule has 3 heterocycles. The molecule has 0 saturated carbocycles. The lowest BCUT2D eigenvalue weighted by Crippen LogP contribution is -2.42. The first-order valence-electron chi connectivity index (χ1n) is 7.32. The van der Waals surface area contributed by atoms with Gasteiger partial charge < -0.3 is 5.11 Å². The SMILES string of the molecule is Cn1ccc(N2CCCC(n3cc(C(C)(C)O)nn3)C2=O)n1. The highest BCUT2D eigenvalue weighted by atomic mass is 16.3. The number of aliphatic hydroxyl groups is 1. The number of amides is 1. The van der Waals surface area contributed by atoms with Crippen LogP contribution >= 0.6 is 0 Å². The maximum atomic E-state index is 12.7. The van der Waals surface area contributed by atoms with Gasteiger partial charge in [0.25, 0.3) is 5.91 Å². The van der Waals surface area contributed by atoms with Crippen LogP contribution < -0.4 is 4.90 Å². The summed E-state index contributed by atoms with van der Waals surface area (Å²) in [7, 11) is 1.82. The molecule has 1 atom stereocenters. The van der Waals surface area contributed by atoms with Gasteiger partial charge in [-0.25, -0.2) is 4.68 Å². The highest BCUT2D eigenvalue weighted by molar-refractivity contribution is 5.95. The fraction of sp³-hybridized carbons (Fsp3) is 0.571. The molecular weight excluding hydrogens is 284 g/mol. The third-order valence-corrected chi connectivity index (χ3v) is 3.84. The van der Waals surface area contributed by atoms with Gasteiger partial charge in [-0.1, -0.05) is 5.21 Å². The van der Waals surface area contributed by atoms with Crippen molar-refractivity contribution in [2.75, 3.05) is 11.4 Å². The quantitative estimate of drug-likeness (QED) is 0.897. The van der Waals surface area contributed by atoms with Gasteiger partial charge in [0.15, 0.2) is 5.82 Å². The van der Waals surface area contributed by atoms with Gasteiger partial charge in [-0.05, 0) is 26.7 Å². The van der Waals surface area contributed by atoms with Gasteiger partial charge in [-0.3, -0.25) is 14.4 Å². The lowest BCUT2D eigenvalue weighted by molar-refractivity contribution is -0.123. The van der Waals surface area contributed by atoms with Crippen LogP contribution in [-0.4, -0.2) is 42.3 Å². The number of hydrogen-bond donors (Lipinski definition) is 1. The first-order chi connectivity index (χ1) is 10.4. The molecular formula is C14H20N6O2. The topological polar surface area (TPSA) is 89.1 Å². The standard InChI is InChI=1S/C14H20N6O2/c1-14(2,22)11-9-20(17-15-11)10-5-4-7-19(13(10)21)12-6-8-18(3)16-12/h6,8-10,22H,4-5,7H2,1-3H3. The summed E-state index contributed by atoms with van der Waals surface area (Å²) in [4.78, 5) is 14.4. The van der Waals surface area contributed by atoms with Gasteiger partial charge in [0, 0.05) is 25.9 Å². The molecule has 22 heavy (non-hydrogen) atoms. The van der Waals surface area contributed by atoms with E-state index in [-0.39, 0.29) is 5.91 Å². The van der Waals surface area contributed by atoms with Crippen LogP contribution in [0.4, 0.5) is 5.82 Å².